The van der Waals surface area contributed by atoms with Crippen molar-refractivity contribution in [2.24, 2.45) is 5.14 Å². The fraction of sp³-hybridized carbons (Fsp3) is 0.212. The lowest BCUT2D eigenvalue weighted by Gasteiger charge is -2.26. The summed E-state index contributed by atoms with van der Waals surface area (Å²) in [6.45, 7) is 5.97. The number of nitrogens with two attached hydrogens (primary N) is 1. The zero-order valence-corrected chi connectivity index (χ0v) is 58.6. The number of aryl methyl sites for hydroxylation is 1. The van der Waals surface area contributed by atoms with Gasteiger partial charge in [-0.3, -0.25) is 20.3 Å². The van der Waals surface area contributed by atoms with Gasteiger partial charge in [0.15, 0.2) is 9.84 Å². The summed E-state index contributed by atoms with van der Waals surface area (Å²) in [6, 6.07) is 49.1. The molecule has 0 saturated carbocycles. The number of nitrogens with one attached hydrogen (secondary N) is 3. The maximum atomic E-state index is 13.9. The Hall–Kier alpha value is -11.1. The molecule has 18 rings (SSSR count). The number of pyridine rings is 1. The number of aromatic carboxylic acids is 1. The predicted molar refractivity (Wildman–Crippen MR) is 397 cm³/mol. The number of ether oxygens (including phenoxy) is 3. The summed E-state index contributed by atoms with van der Waals surface area (Å²) in [5.74, 6) is -1.22. The highest BCUT2D eigenvalue weighted by Gasteiger charge is 2.33. The maximum absolute atomic E-state index is 13.9. The molecule has 0 radical (unpaired) electrons. The second-order valence-corrected chi connectivity index (χ2v) is 30.4. The standard InChI is InChI=1S/C28H24FN3O3.2C26H23FN4O3S/c1-16-22-15-25-23(14-24(22)31-30-16)26(17-2-4-19(5-3-17)28(33)34)27(18-10-12-35-13-11-18)32(25)21-8-6-20(29)7-9-21;27-19-3-5-20(6-4-19)31-24-13-18-15-29-30-23(18)14-22(24)25(26(31)17-9-11-34-12-10-17)16-1-7-21(8-2-16)35(28,32)33;1-35(32,33)20-6-7-22(28-15-20)25-21-13-23-17(14-29-30-23)12-24(21)31(19-4-2-18(27)3-5-19)26(25)16-8-10-34-11-9-16/h2-9,14-15,18H,10-13H2,1H3,(H,30,31)(H,33,34);1-8,13-15,17H,9-12H2,(H,29,30)(H2,28,32,33);2-7,12-16H,8-11H2,1H3,(H,29,30). The van der Waals surface area contributed by atoms with Crippen molar-refractivity contribution in [1.29, 1.82) is 0 Å². The van der Waals surface area contributed by atoms with Crippen LogP contribution in [0.3, 0.4) is 0 Å². The number of sulfonamides is 1. The summed E-state index contributed by atoms with van der Waals surface area (Å²) in [6.07, 6.45) is 11.3. The van der Waals surface area contributed by atoms with Crippen LogP contribution in [0.5, 0.6) is 0 Å². The van der Waals surface area contributed by atoms with Crippen LogP contribution in [0, 0.1) is 24.4 Å². The van der Waals surface area contributed by atoms with Gasteiger partial charge in [-0.15, -0.1) is 0 Å². The number of benzene rings is 8. The van der Waals surface area contributed by atoms with Gasteiger partial charge in [-0.1, -0.05) is 24.3 Å². The number of carboxylic acid groups (broad SMARTS) is 1. The van der Waals surface area contributed by atoms with E-state index in [2.05, 4.69) is 85.7 Å². The van der Waals surface area contributed by atoms with Crippen LogP contribution >= 0.6 is 0 Å². The number of sulfone groups is 1. The van der Waals surface area contributed by atoms with E-state index in [0.717, 1.165) is 172 Å². The maximum Gasteiger partial charge on any atom is 0.335 e. The van der Waals surface area contributed by atoms with Crippen LogP contribution in [0.4, 0.5) is 13.2 Å². The number of primary sulfonamides is 1. The topological polar surface area (TPSA) is 273 Å². The molecule has 8 aromatic carbocycles. The number of aromatic amines is 3. The number of fused-ring (bicyclic) bond motifs is 6. The molecule has 3 saturated heterocycles. The number of hydrogen-bond acceptors (Lipinski definition) is 12. The Labute approximate surface area is 600 Å². The molecule has 3 fully saturated rings. The monoisotopic (exact) mass is 1450 g/mol. The van der Waals surface area contributed by atoms with E-state index >= 15 is 0 Å². The lowest BCUT2D eigenvalue weighted by Crippen LogP contribution is -2.17. The summed E-state index contributed by atoms with van der Waals surface area (Å²) in [7, 11) is -7.18. The summed E-state index contributed by atoms with van der Waals surface area (Å²) in [5.41, 5.74) is 18.2. The highest BCUT2D eigenvalue weighted by atomic mass is 32.2. The molecule has 0 unspecified atom stereocenters. The number of nitrogens with zero attached hydrogens (tertiary/aromatic N) is 7. The Morgan fingerprint density at radius 2 is 0.886 bits per heavy atom. The van der Waals surface area contributed by atoms with E-state index in [1.54, 1.807) is 85.2 Å². The Morgan fingerprint density at radius 3 is 1.30 bits per heavy atom. The van der Waals surface area contributed by atoms with Crippen molar-refractivity contribution in [2.45, 2.75) is 73.0 Å². The molecule has 3 aliphatic rings. The van der Waals surface area contributed by atoms with E-state index in [1.807, 2.05) is 19.1 Å². The summed E-state index contributed by atoms with van der Waals surface area (Å²) >= 11 is 0. The number of aromatic nitrogens is 10. The molecule has 0 atom stereocenters. The van der Waals surface area contributed by atoms with Crippen molar-refractivity contribution in [3.05, 3.63) is 234 Å². The molecule has 3 aliphatic heterocycles. The molecule has 10 heterocycles. The molecule has 0 aliphatic carbocycles. The smallest absolute Gasteiger partial charge is 0.335 e. The lowest BCUT2D eigenvalue weighted by molar-refractivity contribution is 0.0696. The van der Waals surface area contributed by atoms with Crippen LogP contribution in [0.15, 0.2) is 198 Å². The van der Waals surface area contributed by atoms with Crippen LogP contribution < -0.4 is 5.14 Å². The quantitative estimate of drug-likeness (QED) is 0.0762. The number of H-pyrrole nitrogens is 3. The van der Waals surface area contributed by atoms with E-state index in [0.29, 0.717) is 45.3 Å². The molecule has 6 N–H and O–H groups in total. The number of carbonyl (C=O) groups is 1. The van der Waals surface area contributed by atoms with Crippen molar-refractivity contribution in [2.75, 3.05) is 45.9 Å². The van der Waals surface area contributed by atoms with Crippen LogP contribution in [-0.2, 0) is 34.1 Å². The van der Waals surface area contributed by atoms with E-state index in [-0.39, 0.29) is 50.6 Å². The van der Waals surface area contributed by atoms with Crippen molar-refractivity contribution in [1.82, 2.24) is 49.3 Å². The normalized spacial score (nSPS) is 15.1. The zero-order valence-electron chi connectivity index (χ0n) is 57.0. The molecule has 25 heteroatoms. The molecule has 0 spiro atoms. The summed E-state index contributed by atoms with van der Waals surface area (Å²) in [4.78, 5) is 16.3. The molecule has 105 heavy (non-hydrogen) atoms. The highest BCUT2D eigenvalue weighted by molar-refractivity contribution is 7.90. The average Bonchev–Trinajstić information content (AvgIpc) is 1.58. The van der Waals surface area contributed by atoms with Gasteiger partial charge < -0.3 is 33.0 Å². The first-order chi connectivity index (χ1) is 50.8. The molecular formula is C80H70F3N11O9S2. The van der Waals surface area contributed by atoms with Gasteiger partial charge in [0, 0.05) is 159 Å². The second-order valence-electron chi connectivity index (χ2n) is 26.9. The van der Waals surface area contributed by atoms with E-state index in [1.165, 1.54) is 61.0 Å². The van der Waals surface area contributed by atoms with Crippen LogP contribution in [0.2, 0.25) is 0 Å². The van der Waals surface area contributed by atoms with Gasteiger partial charge in [0.1, 0.15) is 17.5 Å². The zero-order chi connectivity index (χ0) is 72.4. The summed E-state index contributed by atoms with van der Waals surface area (Å²) in [5, 5.41) is 42.7. The van der Waals surface area contributed by atoms with Gasteiger partial charge >= 0.3 is 5.97 Å². The van der Waals surface area contributed by atoms with Gasteiger partial charge in [-0.2, -0.15) is 15.3 Å². The first-order valence-electron chi connectivity index (χ1n) is 34.5. The Kier molecular flexibility index (Phi) is 18.1. The molecule has 7 aromatic heterocycles. The first kappa shape index (κ1) is 68.4. The van der Waals surface area contributed by atoms with Crippen LogP contribution in [0.25, 0.3) is 116 Å². The van der Waals surface area contributed by atoms with E-state index < -0.39 is 25.8 Å². The highest BCUT2D eigenvalue weighted by Crippen LogP contribution is 2.49. The molecular weight excluding hydrogens is 1380 g/mol. The largest absolute Gasteiger partial charge is 0.478 e. The predicted octanol–water partition coefficient (Wildman–Crippen LogP) is 16.1. The van der Waals surface area contributed by atoms with Gasteiger partial charge in [-0.05, 0) is 202 Å². The van der Waals surface area contributed by atoms with Crippen molar-refractivity contribution in [3.8, 4) is 50.6 Å². The third kappa shape index (κ3) is 13.1. The van der Waals surface area contributed by atoms with E-state index in [9.17, 15) is 39.9 Å². The van der Waals surface area contributed by atoms with Crippen LogP contribution in [0.1, 0.15) is 89.4 Å². The van der Waals surface area contributed by atoms with Gasteiger partial charge in [0.25, 0.3) is 0 Å². The third-order valence-electron chi connectivity index (χ3n) is 20.4. The number of hydrogen-bond donors (Lipinski definition) is 5. The second kappa shape index (κ2) is 27.9. The fourth-order valence-corrected chi connectivity index (χ4v) is 16.4. The lowest BCUT2D eigenvalue weighted by atomic mass is 9.89. The molecule has 532 valence electrons. The number of halogens is 3. The fourth-order valence-electron chi connectivity index (χ4n) is 15.3. The first-order valence-corrected chi connectivity index (χ1v) is 38.0. The number of carboxylic acids is 1. The Bertz CT molecular complexity index is 5790. The Morgan fingerprint density at radius 1 is 0.486 bits per heavy atom. The van der Waals surface area contributed by atoms with Gasteiger partial charge in [0.05, 0.1) is 66.5 Å². The molecule has 0 amide bonds. The summed E-state index contributed by atoms with van der Waals surface area (Å²) < 4.78 is 113. The minimum absolute atomic E-state index is 0.0621. The minimum atomic E-state index is -3.81. The molecule has 15 aromatic rings. The minimum Gasteiger partial charge on any atom is -0.478 e. The average molecular weight is 1450 g/mol. The van der Waals surface area contributed by atoms with Gasteiger partial charge in [0.2, 0.25) is 10.0 Å². The number of rotatable bonds is 12. The van der Waals surface area contributed by atoms with E-state index in [4.69, 9.17) is 19.3 Å². The third-order valence-corrected chi connectivity index (χ3v) is 22.4. The van der Waals surface area contributed by atoms with Crippen molar-refractivity contribution in [3.63, 3.8) is 0 Å². The Balaban J connectivity index is 0.000000121. The molecule has 0 bridgehead atoms. The van der Waals surface area contributed by atoms with Crippen LogP contribution in [-0.4, -0.2) is 123 Å². The van der Waals surface area contributed by atoms with Gasteiger partial charge in [-0.25, -0.2) is 39.9 Å². The van der Waals surface area contributed by atoms with Crippen molar-refractivity contribution < 1.29 is 54.1 Å². The van der Waals surface area contributed by atoms with Crippen molar-refractivity contribution >= 4 is 91.2 Å². The molecule has 20 nitrogen and oxygen atoms in total. The SMILES string of the molecule is CS(=O)(=O)c1ccc(-c2c(C3CCOCC3)n(-c3ccc(F)cc3)c3cc4cn[nH]c4cc23)nc1.Cc1[nH]nc2cc3c(-c4ccc(C(=O)O)cc4)c(C4CCOCC4)n(-c4ccc(F)cc4)c3cc12.NS(=O)(=O)c1ccc(-c2c(C3CCOCC3)n(-c3ccc(F)cc3)c3cc4cn[nH]c4cc23)cc1.